The molecule has 0 aliphatic rings. The van der Waals surface area contributed by atoms with Gasteiger partial charge in [0.15, 0.2) is 0 Å². The highest BCUT2D eigenvalue weighted by molar-refractivity contribution is 7.98. The molecule has 0 heterocycles. The summed E-state index contributed by atoms with van der Waals surface area (Å²) in [6, 6.07) is 6.37. The quantitative estimate of drug-likeness (QED) is 0.553. The normalized spacial score (nSPS) is 11.3. The third-order valence-electron chi connectivity index (χ3n) is 2.50. The Kier molecular flexibility index (Phi) is 5.76. The van der Waals surface area contributed by atoms with E-state index < -0.39 is 0 Å². The maximum absolute atomic E-state index is 5.76. The molecule has 0 fully saturated rings. The van der Waals surface area contributed by atoms with Gasteiger partial charge in [0.1, 0.15) is 12.3 Å². The molecule has 1 aromatic carbocycles. The summed E-state index contributed by atoms with van der Waals surface area (Å²) in [6.45, 7) is 5.62. The lowest BCUT2D eigenvalue weighted by Crippen LogP contribution is -2.33. The topological polar surface area (TPSA) is 9.23 Å². The summed E-state index contributed by atoms with van der Waals surface area (Å²) in [5.41, 5.74) is 2.40. The second-order valence-corrected chi connectivity index (χ2v) is 6.35. The fraction of sp³-hybridized carbons (Fsp3) is 0.467. The van der Waals surface area contributed by atoms with Crippen molar-refractivity contribution in [3.63, 3.8) is 0 Å². The van der Waals surface area contributed by atoms with E-state index in [4.69, 9.17) is 4.74 Å². The van der Waals surface area contributed by atoms with Crippen molar-refractivity contribution in [2.75, 3.05) is 39.8 Å². The number of hydrogen-bond acceptors (Lipinski definition) is 2. The Morgan fingerprint density at radius 2 is 2.06 bits per heavy atom. The lowest BCUT2D eigenvalue weighted by Gasteiger charge is -2.24. The molecule has 1 rings (SSSR count). The fourth-order valence-electron chi connectivity index (χ4n) is 1.77. The highest BCUT2D eigenvalue weighted by atomic mass is 32.2. The van der Waals surface area contributed by atoms with Gasteiger partial charge in [-0.1, -0.05) is 12.7 Å². The monoisotopic (exact) mass is 266 g/mol. The van der Waals surface area contributed by atoms with Crippen LogP contribution in [0.3, 0.4) is 0 Å². The van der Waals surface area contributed by atoms with E-state index in [0.29, 0.717) is 0 Å². The smallest absolute Gasteiger partial charge is 0.126 e. The SMILES string of the molecule is C=Cc1cc(C[N+](C)(C)C)ccc1OCCSC. The van der Waals surface area contributed by atoms with Gasteiger partial charge < -0.3 is 9.22 Å². The molecule has 0 saturated heterocycles. The van der Waals surface area contributed by atoms with Crippen molar-refractivity contribution in [3.05, 3.63) is 35.9 Å². The number of nitrogens with zero attached hydrogens (tertiary/aromatic N) is 1. The minimum absolute atomic E-state index is 0.747. The van der Waals surface area contributed by atoms with E-state index in [1.54, 1.807) is 11.8 Å². The maximum Gasteiger partial charge on any atom is 0.126 e. The molecule has 0 bridgehead atoms. The van der Waals surface area contributed by atoms with Crippen molar-refractivity contribution < 1.29 is 9.22 Å². The lowest BCUT2D eigenvalue weighted by atomic mass is 10.1. The van der Waals surface area contributed by atoms with E-state index in [2.05, 4.69) is 52.2 Å². The number of thioether (sulfide) groups is 1. The van der Waals surface area contributed by atoms with Crippen LogP contribution in [0.25, 0.3) is 6.08 Å². The number of hydrogen-bond donors (Lipinski definition) is 0. The molecule has 1 aromatic rings. The van der Waals surface area contributed by atoms with Gasteiger partial charge in [0.25, 0.3) is 0 Å². The van der Waals surface area contributed by atoms with Gasteiger partial charge in [-0.15, -0.1) is 0 Å². The predicted molar refractivity (Wildman–Crippen MR) is 82.1 cm³/mol. The van der Waals surface area contributed by atoms with Crippen molar-refractivity contribution in [3.8, 4) is 5.75 Å². The van der Waals surface area contributed by atoms with E-state index in [1.165, 1.54) is 5.56 Å². The Morgan fingerprint density at radius 3 is 2.61 bits per heavy atom. The number of rotatable bonds is 7. The summed E-state index contributed by atoms with van der Waals surface area (Å²) in [4.78, 5) is 0. The molecule has 0 amide bonds. The van der Waals surface area contributed by atoms with Crippen LogP contribution in [-0.4, -0.2) is 44.2 Å². The fourth-order valence-corrected chi connectivity index (χ4v) is 2.02. The summed E-state index contributed by atoms with van der Waals surface area (Å²) in [5, 5.41) is 0. The van der Waals surface area contributed by atoms with Gasteiger partial charge in [0.05, 0.1) is 27.7 Å². The summed E-state index contributed by atoms with van der Waals surface area (Å²) >= 11 is 1.79. The molecule has 0 saturated carbocycles. The second kappa shape index (κ2) is 6.86. The first-order chi connectivity index (χ1) is 8.46. The summed E-state index contributed by atoms with van der Waals surface area (Å²) < 4.78 is 6.68. The molecule has 0 aliphatic heterocycles. The Bertz CT molecular complexity index is 396. The first-order valence-electron chi connectivity index (χ1n) is 6.14. The van der Waals surface area contributed by atoms with Crippen LogP contribution in [0.1, 0.15) is 11.1 Å². The summed E-state index contributed by atoms with van der Waals surface area (Å²) in [6.07, 6.45) is 3.95. The molecule has 2 nitrogen and oxygen atoms in total. The van der Waals surface area contributed by atoms with Crippen LogP contribution in [0.5, 0.6) is 5.75 Å². The number of benzene rings is 1. The zero-order valence-electron chi connectivity index (χ0n) is 11.9. The van der Waals surface area contributed by atoms with E-state index in [-0.39, 0.29) is 0 Å². The molecule has 0 atom stereocenters. The van der Waals surface area contributed by atoms with Crippen LogP contribution in [-0.2, 0) is 6.54 Å². The van der Waals surface area contributed by atoms with Crippen LogP contribution >= 0.6 is 11.8 Å². The van der Waals surface area contributed by atoms with Gasteiger partial charge in [-0.25, -0.2) is 0 Å². The Hall–Kier alpha value is -0.930. The van der Waals surface area contributed by atoms with Crippen molar-refractivity contribution >= 4 is 17.8 Å². The van der Waals surface area contributed by atoms with Crippen molar-refractivity contribution in [2.24, 2.45) is 0 Å². The van der Waals surface area contributed by atoms with E-state index in [9.17, 15) is 0 Å². The van der Waals surface area contributed by atoms with Crippen molar-refractivity contribution in [1.29, 1.82) is 0 Å². The van der Waals surface area contributed by atoms with Gasteiger partial charge in [-0.2, -0.15) is 11.8 Å². The molecule has 0 aliphatic carbocycles. The molecule has 0 N–H and O–H groups in total. The van der Waals surface area contributed by atoms with E-state index >= 15 is 0 Å². The molecule has 0 radical (unpaired) electrons. The third-order valence-corrected chi connectivity index (χ3v) is 3.07. The second-order valence-electron chi connectivity index (χ2n) is 5.37. The van der Waals surface area contributed by atoms with Gasteiger partial charge in [0, 0.05) is 16.9 Å². The Labute approximate surface area is 115 Å². The van der Waals surface area contributed by atoms with Gasteiger partial charge in [-0.3, -0.25) is 0 Å². The molecule has 18 heavy (non-hydrogen) atoms. The molecular formula is C15H24NOS+. The Balaban J connectivity index is 2.79. The Morgan fingerprint density at radius 1 is 1.33 bits per heavy atom. The van der Waals surface area contributed by atoms with E-state index in [1.807, 2.05) is 6.08 Å². The largest absolute Gasteiger partial charge is 0.492 e. The van der Waals surface area contributed by atoms with Crippen LogP contribution in [0.2, 0.25) is 0 Å². The molecule has 0 unspecified atom stereocenters. The maximum atomic E-state index is 5.76. The van der Waals surface area contributed by atoms with Crippen LogP contribution < -0.4 is 4.74 Å². The van der Waals surface area contributed by atoms with Gasteiger partial charge in [0.2, 0.25) is 0 Å². The first-order valence-corrected chi connectivity index (χ1v) is 7.53. The van der Waals surface area contributed by atoms with Crippen molar-refractivity contribution in [1.82, 2.24) is 0 Å². The van der Waals surface area contributed by atoms with Crippen LogP contribution in [0.4, 0.5) is 0 Å². The zero-order chi connectivity index (χ0) is 13.6. The summed E-state index contributed by atoms with van der Waals surface area (Å²) in [5.74, 6) is 1.95. The number of ether oxygens (including phenoxy) is 1. The van der Waals surface area contributed by atoms with Gasteiger partial charge >= 0.3 is 0 Å². The summed E-state index contributed by atoms with van der Waals surface area (Å²) in [7, 11) is 6.57. The highest BCUT2D eigenvalue weighted by Crippen LogP contribution is 2.22. The zero-order valence-corrected chi connectivity index (χ0v) is 12.7. The first kappa shape index (κ1) is 15.1. The molecule has 0 aromatic heterocycles. The van der Waals surface area contributed by atoms with Gasteiger partial charge in [-0.05, 0) is 24.5 Å². The predicted octanol–water partition coefficient (Wildman–Crippen LogP) is 3.28. The minimum Gasteiger partial charge on any atom is -0.492 e. The molecular weight excluding hydrogens is 242 g/mol. The standard InChI is InChI=1S/C15H24NOS/c1-6-14-11-13(12-16(2,3)4)7-8-15(14)17-9-10-18-5/h6-8,11H,1,9-10,12H2,2-5H3/q+1. The molecule has 100 valence electrons. The average molecular weight is 266 g/mol. The number of quaternary nitrogens is 1. The highest BCUT2D eigenvalue weighted by Gasteiger charge is 2.10. The average Bonchev–Trinajstić information content (AvgIpc) is 2.29. The van der Waals surface area contributed by atoms with E-state index in [0.717, 1.165) is 34.7 Å². The third kappa shape index (κ3) is 5.15. The molecule has 0 spiro atoms. The van der Waals surface area contributed by atoms with Crippen molar-refractivity contribution in [2.45, 2.75) is 6.54 Å². The minimum atomic E-state index is 0.747. The molecule has 3 heteroatoms. The van der Waals surface area contributed by atoms with Crippen LogP contribution in [0.15, 0.2) is 24.8 Å². The van der Waals surface area contributed by atoms with Crippen LogP contribution in [0, 0.1) is 0 Å². The lowest BCUT2D eigenvalue weighted by molar-refractivity contribution is -0.884.